The highest BCUT2D eigenvalue weighted by atomic mass is 32.2. The molecule has 0 saturated carbocycles. The fourth-order valence-corrected chi connectivity index (χ4v) is 1.49. The average Bonchev–Trinajstić information content (AvgIpc) is 2.08. The lowest BCUT2D eigenvalue weighted by Crippen LogP contribution is -2.37. The molecule has 0 fully saturated rings. The van der Waals surface area contributed by atoms with Gasteiger partial charge in [-0.05, 0) is 6.26 Å². The van der Waals surface area contributed by atoms with E-state index in [2.05, 4.69) is 0 Å². The van der Waals surface area contributed by atoms with Gasteiger partial charge in [-0.1, -0.05) is 0 Å². The summed E-state index contributed by atoms with van der Waals surface area (Å²) in [5.74, 6) is 0. The lowest BCUT2D eigenvalue weighted by Gasteiger charge is -2.03. The van der Waals surface area contributed by atoms with Gasteiger partial charge in [0.1, 0.15) is 0 Å². The van der Waals surface area contributed by atoms with E-state index in [-0.39, 0.29) is 11.2 Å². The van der Waals surface area contributed by atoms with E-state index in [4.69, 9.17) is 0 Å². The van der Waals surface area contributed by atoms with Crippen molar-refractivity contribution in [3.05, 3.63) is 27.0 Å². The van der Waals surface area contributed by atoms with Gasteiger partial charge in [0.2, 0.25) is 0 Å². The van der Waals surface area contributed by atoms with Gasteiger partial charge in [0, 0.05) is 20.3 Å². The summed E-state index contributed by atoms with van der Waals surface area (Å²) in [4.78, 5) is 23.1. The van der Waals surface area contributed by atoms with Crippen molar-refractivity contribution >= 4 is 11.8 Å². The Morgan fingerprint density at radius 3 is 2.42 bits per heavy atom. The van der Waals surface area contributed by atoms with Crippen molar-refractivity contribution in [3.8, 4) is 0 Å². The molecule has 0 radical (unpaired) electrons. The Hall–Kier alpha value is -0.970. The summed E-state index contributed by atoms with van der Waals surface area (Å²) in [5.41, 5.74) is -0.525. The van der Waals surface area contributed by atoms with E-state index in [0.717, 1.165) is 4.57 Å². The predicted molar refractivity (Wildman–Crippen MR) is 48.7 cm³/mol. The van der Waals surface area contributed by atoms with Crippen molar-refractivity contribution in [1.29, 1.82) is 0 Å². The van der Waals surface area contributed by atoms with Crippen molar-refractivity contribution in [2.45, 2.75) is 4.90 Å². The minimum absolute atomic E-state index is 0.231. The fraction of sp³-hybridized carbons (Fsp3) is 0.429. The predicted octanol–water partition coefficient (Wildman–Crippen LogP) is -0.194. The monoisotopic (exact) mass is 186 g/mol. The molecule has 0 atom stereocenters. The number of thioether (sulfide) groups is 1. The minimum atomic E-state index is -0.294. The van der Waals surface area contributed by atoms with E-state index in [0.29, 0.717) is 4.90 Å². The van der Waals surface area contributed by atoms with E-state index >= 15 is 0 Å². The summed E-state index contributed by atoms with van der Waals surface area (Å²) in [5, 5.41) is 0. The Morgan fingerprint density at radius 1 is 1.33 bits per heavy atom. The molecular weight excluding hydrogens is 176 g/mol. The maximum absolute atomic E-state index is 11.3. The summed E-state index contributed by atoms with van der Waals surface area (Å²) in [6.45, 7) is 0. The second-order valence-electron chi connectivity index (χ2n) is 2.46. The van der Waals surface area contributed by atoms with E-state index in [1.807, 2.05) is 0 Å². The van der Waals surface area contributed by atoms with Gasteiger partial charge in [0.25, 0.3) is 5.56 Å². The first-order chi connectivity index (χ1) is 5.57. The zero-order valence-corrected chi connectivity index (χ0v) is 8.01. The van der Waals surface area contributed by atoms with E-state index in [1.54, 1.807) is 19.5 Å². The molecule has 5 heteroatoms. The number of aromatic nitrogens is 2. The van der Waals surface area contributed by atoms with Crippen LogP contribution >= 0.6 is 11.8 Å². The molecule has 66 valence electrons. The highest BCUT2D eigenvalue weighted by Gasteiger charge is 2.03. The maximum Gasteiger partial charge on any atom is 0.330 e. The molecule has 0 unspecified atom stereocenters. The molecule has 12 heavy (non-hydrogen) atoms. The third kappa shape index (κ3) is 1.32. The topological polar surface area (TPSA) is 44.0 Å². The van der Waals surface area contributed by atoms with Crippen LogP contribution in [-0.2, 0) is 14.1 Å². The molecule has 1 heterocycles. The lowest BCUT2D eigenvalue weighted by molar-refractivity contribution is 0.662. The maximum atomic E-state index is 11.3. The first-order valence-electron chi connectivity index (χ1n) is 3.38. The summed E-state index contributed by atoms with van der Waals surface area (Å²) in [6.07, 6.45) is 3.36. The molecule has 0 saturated heterocycles. The second-order valence-corrected chi connectivity index (χ2v) is 3.30. The first-order valence-corrected chi connectivity index (χ1v) is 4.61. The molecule has 4 nitrogen and oxygen atoms in total. The van der Waals surface area contributed by atoms with Crippen LogP contribution in [0.4, 0.5) is 0 Å². The van der Waals surface area contributed by atoms with Gasteiger partial charge in [-0.15, -0.1) is 11.8 Å². The summed E-state index contributed by atoms with van der Waals surface area (Å²) < 4.78 is 2.50. The van der Waals surface area contributed by atoms with E-state index < -0.39 is 0 Å². The molecular formula is C7H10N2O2S. The number of rotatable bonds is 1. The molecule has 1 aromatic heterocycles. The number of hydrogen-bond donors (Lipinski definition) is 0. The fourth-order valence-electron chi connectivity index (χ4n) is 0.915. The van der Waals surface area contributed by atoms with Crippen LogP contribution in [0.25, 0.3) is 0 Å². The SMILES string of the molecule is CSc1cn(C)c(=O)n(C)c1=O. The molecule has 0 aromatic carbocycles. The number of hydrogen-bond acceptors (Lipinski definition) is 3. The van der Waals surface area contributed by atoms with Gasteiger partial charge < -0.3 is 4.57 Å². The molecule has 0 amide bonds. The van der Waals surface area contributed by atoms with E-state index in [1.165, 1.54) is 23.4 Å². The molecule has 0 bridgehead atoms. The zero-order chi connectivity index (χ0) is 9.30. The van der Waals surface area contributed by atoms with Crippen molar-refractivity contribution in [2.75, 3.05) is 6.26 Å². The third-order valence-corrected chi connectivity index (χ3v) is 2.35. The van der Waals surface area contributed by atoms with Crippen molar-refractivity contribution in [3.63, 3.8) is 0 Å². The van der Waals surface area contributed by atoms with Crippen LogP contribution in [0, 0.1) is 0 Å². The van der Waals surface area contributed by atoms with Gasteiger partial charge in [-0.2, -0.15) is 0 Å². The molecule has 0 N–H and O–H groups in total. The van der Waals surface area contributed by atoms with Crippen LogP contribution in [0.5, 0.6) is 0 Å². The van der Waals surface area contributed by atoms with Gasteiger partial charge in [0.15, 0.2) is 0 Å². The van der Waals surface area contributed by atoms with Crippen molar-refractivity contribution in [1.82, 2.24) is 9.13 Å². The summed E-state index contributed by atoms with van der Waals surface area (Å²) >= 11 is 1.34. The van der Waals surface area contributed by atoms with Crippen LogP contribution in [0.15, 0.2) is 20.7 Å². The quantitative estimate of drug-likeness (QED) is 0.571. The normalized spacial score (nSPS) is 10.2. The van der Waals surface area contributed by atoms with Crippen molar-refractivity contribution < 1.29 is 0 Å². The smallest absolute Gasteiger partial charge is 0.302 e. The standard InChI is InChI=1S/C7H10N2O2S/c1-8-4-5(12-3)6(10)9(2)7(8)11/h4H,1-3H3. The molecule has 0 aliphatic heterocycles. The summed E-state index contributed by atoms with van der Waals surface area (Å²) in [6, 6.07) is 0. The largest absolute Gasteiger partial charge is 0.330 e. The third-order valence-electron chi connectivity index (χ3n) is 1.63. The van der Waals surface area contributed by atoms with Gasteiger partial charge in [-0.3, -0.25) is 9.36 Å². The minimum Gasteiger partial charge on any atom is -0.302 e. The average molecular weight is 186 g/mol. The van der Waals surface area contributed by atoms with Crippen LogP contribution < -0.4 is 11.2 Å². The second kappa shape index (κ2) is 3.18. The van der Waals surface area contributed by atoms with Crippen LogP contribution in [0.1, 0.15) is 0 Å². The Bertz CT molecular complexity index is 405. The Morgan fingerprint density at radius 2 is 1.92 bits per heavy atom. The molecule has 1 rings (SSSR count). The number of nitrogens with zero attached hydrogens (tertiary/aromatic N) is 2. The molecule has 0 aliphatic carbocycles. The van der Waals surface area contributed by atoms with Crippen LogP contribution in [0.2, 0.25) is 0 Å². The van der Waals surface area contributed by atoms with Crippen LogP contribution in [0.3, 0.4) is 0 Å². The number of aryl methyl sites for hydroxylation is 1. The molecule has 0 aliphatic rings. The van der Waals surface area contributed by atoms with Crippen LogP contribution in [-0.4, -0.2) is 15.4 Å². The highest BCUT2D eigenvalue weighted by molar-refractivity contribution is 7.98. The first kappa shape index (κ1) is 9.12. The van der Waals surface area contributed by atoms with Crippen molar-refractivity contribution in [2.24, 2.45) is 14.1 Å². The van der Waals surface area contributed by atoms with Gasteiger partial charge >= 0.3 is 5.69 Å². The highest BCUT2D eigenvalue weighted by Crippen LogP contribution is 2.04. The molecule has 1 aromatic rings. The zero-order valence-electron chi connectivity index (χ0n) is 7.20. The Kier molecular flexibility index (Phi) is 2.42. The van der Waals surface area contributed by atoms with Gasteiger partial charge in [0.05, 0.1) is 4.90 Å². The van der Waals surface area contributed by atoms with E-state index in [9.17, 15) is 9.59 Å². The Balaban J connectivity index is 3.61. The van der Waals surface area contributed by atoms with Gasteiger partial charge in [-0.25, -0.2) is 4.79 Å². The Labute approximate surface area is 73.8 Å². The molecule has 0 spiro atoms. The summed E-state index contributed by atoms with van der Waals surface area (Å²) in [7, 11) is 3.10. The lowest BCUT2D eigenvalue weighted by atomic mass is 10.6.